The van der Waals surface area contributed by atoms with Crippen molar-refractivity contribution in [1.82, 2.24) is 5.32 Å². The Hall–Kier alpha value is -2.44. The summed E-state index contributed by atoms with van der Waals surface area (Å²) in [6.45, 7) is 2.36. The molecular weight excluding hydrogens is 324 g/mol. The molecule has 6 heteroatoms. The number of amides is 1. The van der Waals surface area contributed by atoms with Crippen LogP contribution < -0.4 is 10.5 Å². The molecule has 3 N–H and O–H groups in total. The zero-order valence-electron chi connectivity index (χ0n) is 13.4. The molecule has 0 aliphatic rings. The van der Waals surface area contributed by atoms with E-state index in [0.717, 1.165) is 16.7 Å². The molecule has 24 heavy (non-hydrogen) atoms. The number of benzene rings is 2. The first-order valence-corrected chi connectivity index (χ1v) is 9.14. The third kappa shape index (κ3) is 6.36. The molecule has 2 rings (SSSR count). The summed E-state index contributed by atoms with van der Waals surface area (Å²) in [5, 5.41) is 7.78. The van der Waals surface area contributed by atoms with Crippen molar-refractivity contribution in [3.05, 3.63) is 76.9 Å². The fourth-order valence-corrected chi connectivity index (χ4v) is 2.84. The van der Waals surface area contributed by atoms with Gasteiger partial charge in [0.25, 0.3) is 0 Å². The van der Waals surface area contributed by atoms with Gasteiger partial charge in [-0.3, -0.25) is 4.79 Å². The molecule has 0 spiro atoms. The maximum absolute atomic E-state index is 11.8. The number of hydrogen-bond acceptors (Lipinski definition) is 3. The zero-order valence-corrected chi connectivity index (χ0v) is 14.2. The molecule has 0 bridgehead atoms. The fourth-order valence-electron chi connectivity index (χ4n) is 2.18. The van der Waals surface area contributed by atoms with Crippen molar-refractivity contribution < 1.29 is 13.2 Å². The minimum atomic E-state index is -3.53. The van der Waals surface area contributed by atoms with Crippen LogP contribution in [0.25, 0.3) is 6.08 Å². The van der Waals surface area contributed by atoms with E-state index in [1.165, 1.54) is 6.08 Å². The van der Waals surface area contributed by atoms with Crippen molar-refractivity contribution >= 4 is 22.0 Å². The number of sulfonamides is 1. The predicted molar refractivity (Wildman–Crippen MR) is 95.3 cm³/mol. The molecule has 2 aromatic carbocycles. The van der Waals surface area contributed by atoms with Crippen LogP contribution >= 0.6 is 0 Å². The number of nitrogens with one attached hydrogen (secondary N) is 1. The minimum Gasteiger partial charge on any atom is -0.348 e. The Labute approximate surface area is 142 Å². The van der Waals surface area contributed by atoms with Crippen molar-refractivity contribution in [3.63, 3.8) is 0 Å². The van der Waals surface area contributed by atoms with Crippen molar-refractivity contribution in [3.8, 4) is 0 Å². The van der Waals surface area contributed by atoms with E-state index >= 15 is 0 Å². The first-order chi connectivity index (χ1) is 11.3. The smallest absolute Gasteiger partial charge is 0.244 e. The van der Waals surface area contributed by atoms with Crippen molar-refractivity contribution in [2.45, 2.75) is 19.2 Å². The van der Waals surface area contributed by atoms with Gasteiger partial charge in [-0.1, -0.05) is 54.1 Å². The second-order valence-corrected chi connectivity index (χ2v) is 7.20. The van der Waals surface area contributed by atoms with Crippen molar-refractivity contribution in [1.29, 1.82) is 0 Å². The van der Waals surface area contributed by atoms with Gasteiger partial charge in [0.1, 0.15) is 0 Å². The van der Waals surface area contributed by atoms with E-state index in [1.807, 2.05) is 31.2 Å². The normalized spacial score (nSPS) is 11.6. The summed E-state index contributed by atoms with van der Waals surface area (Å²) in [6.07, 6.45) is 3.25. The number of hydrogen-bond donors (Lipinski definition) is 2. The highest BCUT2D eigenvalue weighted by atomic mass is 32.2. The maximum Gasteiger partial charge on any atom is 0.244 e. The van der Waals surface area contributed by atoms with Gasteiger partial charge >= 0.3 is 0 Å². The number of primary sulfonamides is 1. The van der Waals surface area contributed by atoms with E-state index in [-0.39, 0.29) is 11.7 Å². The molecule has 0 saturated carbocycles. The Morgan fingerprint density at radius 2 is 1.79 bits per heavy atom. The summed E-state index contributed by atoms with van der Waals surface area (Å²) >= 11 is 0. The van der Waals surface area contributed by atoms with Gasteiger partial charge in [-0.25, -0.2) is 13.6 Å². The molecule has 0 aliphatic carbocycles. The van der Waals surface area contributed by atoms with Gasteiger partial charge in [-0.05, 0) is 29.7 Å². The lowest BCUT2D eigenvalue weighted by molar-refractivity contribution is -0.116. The molecule has 5 nitrogen and oxygen atoms in total. The zero-order chi connectivity index (χ0) is 17.6. The third-order valence-corrected chi connectivity index (χ3v) is 4.06. The Balaban J connectivity index is 1.87. The molecule has 0 saturated heterocycles. The van der Waals surface area contributed by atoms with Gasteiger partial charge in [0, 0.05) is 12.6 Å². The standard InChI is InChI=1S/C18H20N2O3S/c1-14-3-2-4-15(11-14)9-10-18(21)20-12-16-5-7-17(8-6-16)13-24(19,22)23/h2-11H,12-13H2,1H3,(H,20,21)(H2,19,22,23). The lowest BCUT2D eigenvalue weighted by Crippen LogP contribution is -2.20. The van der Waals surface area contributed by atoms with Crippen LogP contribution in [0.15, 0.2) is 54.6 Å². The first-order valence-electron chi connectivity index (χ1n) is 7.43. The van der Waals surface area contributed by atoms with E-state index in [4.69, 9.17) is 5.14 Å². The molecule has 0 unspecified atom stereocenters. The largest absolute Gasteiger partial charge is 0.348 e. The van der Waals surface area contributed by atoms with E-state index in [2.05, 4.69) is 5.32 Å². The van der Waals surface area contributed by atoms with Crippen LogP contribution in [0, 0.1) is 6.92 Å². The number of nitrogens with two attached hydrogens (primary N) is 1. The van der Waals surface area contributed by atoms with Crippen LogP contribution in [-0.2, 0) is 27.1 Å². The summed E-state index contributed by atoms with van der Waals surface area (Å²) in [4.78, 5) is 11.8. The number of carbonyl (C=O) groups excluding carboxylic acids is 1. The van der Waals surface area contributed by atoms with Gasteiger partial charge in [-0.2, -0.15) is 0 Å². The van der Waals surface area contributed by atoms with Crippen LogP contribution in [-0.4, -0.2) is 14.3 Å². The maximum atomic E-state index is 11.8. The SMILES string of the molecule is Cc1cccc(C=CC(=O)NCc2ccc(CS(N)(=O)=O)cc2)c1. The van der Waals surface area contributed by atoms with Gasteiger partial charge in [-0.15, -0.1) is 0 Å². The average molecular weight is 344 g/mol. The second-order valence-electron chi connectivity index (χ2n) is 5.59. The molecule has 0 fully saturated rings. The summed E-state index contributed by atoms with van der Waals surface area (Å²) in [5.41, 5.74) is 3.60. The molecule has 2 aromatic rings. The van der Waals surface area contributed by atoms with Crippen LogP contribution in [0.2, 0.25) is 0 Å². The lowest BCUT2D eigenvalue weighted by Gasteiger charge is -2.04. The number of rotatable bonds is 6. The van der Waals surface area contributed by atoms with E-state index in [9.17, 15) is 13.2 Å². The molecule has 0 radical (unpaired) electrons. The Kier molecular flexibility index (Phi) is 5.89. The van der Waals surface area contributed by atoms with Crippen molar-refractivity contribution in [2.75, 3.05) is 0 Å². The van der Waals surface area contributed by atoms with Crippen LogP contribution in [0.1, 0.15) is 22.3 Å². The topological polar surface area (TPSA) is 89.3 Å². The van der Waals surface area contributed by atoms with E-state index in [1.54, 1.807) is 30.3 Å². The highest BCUT2D eigenvalue weighted by Crippen LogP contribution is 2.08. The molecule has 1 amide bonds. The summed E-state index contributed by atoms with van der Waals surface area (Å²) in [5.74, 6) is -0.385. The average Bonchev–Trinajstić information content (AvgIpc) is 2.51. The Bertz CT molecular complexity index is 841. The van der Waals surface area contributed by atoms with Gasteiger partial charge in [0.2, 0.25) is 15.9 Å². The summed E-state index contributed by atoms with van der Waals surface area (Å²) in [6, 6.07) is 14.8. The molecule has 0 atom stereocenters. The van der Waals surface area contributed by atoms with Gasteiger partial charge in [0.15, 0.2) is 0 Å². The van der Waals surface area contributed by atoms with Gasteiger partial charge in [0.05, 0.1) is 5.75 Å². The first kappa shape index (κ1) is 17.9. The quantitative estimate of drug-likeness (QED) is 0.787. The highest BCUT2D eigenvalue weighted by Gasteiger charge is 2.05. The molecule has 126 valence electrons. The minimum absolute atomic E-state index is 0.190. The van der Waals surface area contributed by atoms with E-state index < -0.39 is 10.0 Å². The fraction of sp³-hybridized carbons (Fsp3) is 0.167. The van der Waals surface area contributed by atoms with Crippen LogP contribution in [0.5, 0.6) is 0 Å². The Morgan fingerprint density at radius 1 is 1.12 bits per heavy atom. The number of carbonyl (C=O) groups is 1. The van der Waals surface area contributed by atoms with Crippen LogP contribution in [0.4, 0.5) is 0 Å². The molecule has 0 heterocycles. The lowest BCUT2D eigenvalue weighted by atomic mass is 10.1. The second kappa shape index (κ2) is 7.90. The Morgan fingerprint density at radius 3 is 2.42 bits per heavy atom. The van der Waals surface area contributed by atoms with Crippen molar-refractivity contribution in [2.24, 2.45) is 5.14 Å². The predicted octanol–water partition coefficient (Wildman–Crippen LogP) is 2.11. The third-order valence-electron chi connectivity index (χ3n) is 3.33. The van der Waals surface area contributed by atoms with E-state index in [0.29, 0.717) is 12.1 Å². The monoisotopic (exact) mass is 344 g/mol. The summed E-state index contributed by atoms with van der Waals surface area (Å²) < 4.78 is 22.0. The highest BCUT2D eigenvalue weighted by molar-refractivity contribution is 7.88. The molecule has 0 aliphatic heterocycles. The molecular formula is C18H20N2O3S. The summed E-state index contributed by atoms with van der Waals surface area (Å²) in [7, 11) is -3.53. The van der Waals surface area contributed by atoms with Crippen LogP contribution in [0.3, 0.4) is 0 Å². The number of aryl methyl sites for hydroxylation is 1. The van der Waals surface area contributed by atoms with Gasteiger partial charge < -0.3 is 5.32 Å². The molecule has 0 aromatic heterocycles.